The van der Waals surface area contributed by atoms with E-state index in [0.29, 0.717) is 12.0 Å². The van der Waals surface area contributed by atoms with Crippen LogP contribution in [0.1, 0.15) is 21.8 Å². The van der Waals surface area contributed by atoms with Crippen molar-refractivity contribution in [3.05, 3.63) is 70.9 Å². The molecule has 0 aliphatic carbocycles. The number of aromatic nitrogens is 2. The number of ketones is 1. The van der Waals surface area contributed by atoms with Gasteiger partial charge in [0.2, 0.25) is 0 Å². The third-order valence-electron chi connectivity index (χ3n) is 3.67. The van der Waals surface area contributed by atoms with Crippen LogP contribution in [0.15, 0.2) is 59.8 Å². The molecule has 3 heterocycles. The zero-order valence-electron chi connectivity index (χ0n) is 12.7. The van der Waals surface area contributed by atoms with Crippen molar-refractivity contribution in [2.24, 2.45) is 0 Å². The van der Waals surface area contributed by atoms with Crippen LogP contribution in [-0.4, -0.2) is 28.8 Å². The van der Waals surface area contributed by atoms with Gasteiger partial charge in [0.05, 0.1) is 5.92 Å². The first-order valence-corrected chi connectivity index (χ1v) is 8.21. The number of hydrogen-bond acceptors (Lipinski definition) is 6. The summed E-state index contributed by atoms with van der Waals surface area (Å²) in [6, 6.07) is 7.10. The fraction of sp³-hybridized carbons (Fsp3) is 0.111. The molecule has 0 aromatic carbocycles. The highest BCUT2D eigenvalue weighted by Gasteiger charge is 2.26. The van der Waals surface area contributed by atoms with E-state index in [1.807, 2.05) is 22.9 Å². The predicted octanol–water partition coefficient (Wildman–Crippen LogP) is 3.34. The lowest BCUT2D eigenvalue weighted by Gasteiger charge is -2.16. The monoisotopic (exact) mass is 338 g/mol. The maximum absolute atomic E-state index is 12.9. The van der Waals surface area contributed by atoms with Crippen molar-refractivity contribution in [2.45, 2.75) is 5.92 Å². The third-order valence-corrected chi connectivity index (χ3v) is 4.43. The standard InChI is InChI=1S/C18H14N2O3S/c21-12-23-9-15(18(22)14-3-7-20-8-4-14)17-11-24-10-16(17)13-1-5-19-6-2-13/h1-8,10-12,15H,9H2. The van der Waals surface area contributed by atoms with Crippen LogP contribution in [0, 0.1) is 0 Å². The lowest BCUT2D eigenvalue weighted by molar-refractivity contribution is -0.128. The lowest BCUT2D eigenvalue weighted by atomic mass is 9.89. The maximum atomic E-state index is 12.9. The molecule has 5 nitrogen and oxygen atoms in total. The van der Waals surface area contributed by atoms with E-state index in [1.165, 1.54) is 11.3 Å². The Bertz CT molecular complexity index is 819. The summed E-state index contributed by atoms with van der Waals surface area (Å²) in [5.74, 6) is -0.667. The number of pyridine rings is 2. The van der Waals surface area contributed by atoms with Crippen LogP contribution in [-0.2, 0) is 9.53 Å². The van der Waals surface area contributed by atoms with Crippen molar-refractivity contribution in [2.75, 3.05) is 6.61 Å². The highest BCUT2D eigenvalue weighted by molar-refractivity contribution is 7.08. The molecule has 0 spiro atoms. The van der Waals surface area contributed by atoms with Crippen molar-refractivity contribution >= 4 is 23.6 Å². The summed E-state index contributed by atoms with van der Waals surface area (Å²) in [5.41, 5.74) is 3.30. The van der Waals surface area contributed by atoms with Gasteiger partial charge in [-0.05, 0) is 51.7 Å². The molecular weight excluding hydrogens is 324 g/mol. The summed E-state index contributed by atoms with van der Waals surface area (Å²) in [6.07, 6.45) is 6.56. The number of nitrogens with zero attached hydrogens (tertiary/aromatic N) is 2. The second-order valence-corrected chi connectivity index (χ2v) is 5.80. The van der Waals surface area contributed by atoms with Crippen LogP contribution in [0.5, 0.6) is 0 Å². The van der Waals surface area contributed by atoms with E-state index in [4.69, 9.17) is 4.74 Å². The molecule has 0 aliphatic heterocycles. The molecule has 0 saturated carbocycles. The smallest absolute Gasteiger partial charge is 0.293 e. The van der Waals surface area contributed by atoms with Gasteiger partial charge in [-0.2, -0.15) is 11.3 Å². The average molecular weight is 338 g/mol. The summed E-state index contributed by atoms with van der Waals surface area (Å²) in [6.45, 7) is 0.366. The molecule has 120 valence electrons. The molecule has 3 aromatic heterocycles. The lowest BCUT2D eigenvalue weighted by Crippen LogP contribution is -2.18. The molecule has 1 atom stereocenters. The second kappa shape index (κ2) is 7.61. The van der Waals surface area contributed by atoms with Gasteiger partial charge < -0.3 is 4.74 Å². The average Bonchev–Trinajstić information content (AvgIpc) is 3.13. The number of ether oxygens (including phenoxy) is 1. The van der Waals surface area contributed by atoms with Crippen molar-refractivity contribution in [3.63, 3.8) is 0 Å². The molecule has 0 radical (unpaired) electrons. The zero-order chi connectivity index (χ0) is 16.8. The van der Waals surface area contributed by atoms with Gasteiger partial charge in [0.1, 0.15) is 6.61 Å². The van der Waals surface area contributed by atoms with Crippen LogP contribution in [0.4, 0.5) is 0 Å². The fourth-order valence-electron chi connectivity index (χ4n) is 2.50. The van der Waals surface area contributed by atoms with E-state index >= 15 is 0 Å². The summed E-state index contributed by atoms with van der Waals surface area (Å²) in [4.78, 5) is 31.5. The first kappa shape index (κ1) is 16.0. The molecule has 0 N–H and O–H groups in total. The van der Waals surface area contributed by atoms with Crippen LogP contribution < -0.4 is 0 Å². The first-order valence-electron chi connectivity index (χ1n) is 7.27. The molecule has 24 heavy (non-hydrogen) atoms. The Morgan fingerprint density at radius 1 is 1.08 bits per heavy atom. The highest BCUT2D eigenvalue weighted by atomic mass is 32.1. The molecule has 3 rings (SSSR count). The second-order valence-electron chi connectivity index (χ2n) is 5.06. The Balaban J connectivity index is 2.00. The Morgan fingerprint density at radius 2 is 1.75 bits per heavy atom. The minimum absolute atomic E-state index is 0.000523. The molecule has 0 aliphatic rings. The SMILES string of the molecule is O=COCC(C(=O)c1ccncc1)c1cscc1-c1ccncc1. The molecule has 6 heteroatoms. The largest absolute Gasteiger partial charge is 0.467 e. The normalized spacial score (nSPS) is 11.7. The molecule has 0 amide bonds. The van der Waals surface area contributed by atoms with Gasteiger partial charge in [0.15, 0.2) is 5.78 Å². The van der Waals surface area contributed by atoms with Gasteiger partial charge in [0, 0.05) is 30.4 Å². The minimum atomic E-state index is -0.563. The molecule has 3 aromatic rings. The summed E-state index contributed by atoms with van der Waals surface area (Å²) >= 11 is 1.51. The molecule has 1 unspecified atom stereocenters. The molecule has 0 saturated heterocycles. The van der Waals surface area contributed by atoms with Crippen LogP contribution in [0.25, 0.3) is 11.1 Å². The van der Waals surface area contributed by atoms with Gasteiger partial charge >= 0.3 is 0 Å². The van der Waals surface area contributed by atoms with E-state index in [1.54, 1.807) is 36.9 Å². The van der Waals surface area contributed by atoms with Crippen molar-refractivity contribution in [1.29, 1.82) is 0 Å². The Morgan fingerprint density at radius 3 is 2.42 bits per heavy atom. The Kier molecular flexibility index (Phi) is 5.08. The van der Waals surface area contributed by atoms with Crippen LogP contribution in [0.2, 0.25) is 0 Å². The number of hydrogen-bond donors (Lipinski definition) is 0. The Hall–Kier alpha value is -2.86. The van der Waals surface area contributed by atoms with E-state index in [0.717, 1.165) is 16.7 Å². The molecular formula is C18H14N2O3S. The number of rotatable bonds is 7. The van der Waals surface area contributed by atoms with E-state index in [-0.39, 0.29) is 12.4 Å². The maximum Gasteiger partial charge on any atom is 0.293 e. The van der Waals surface area contributed by atoms with Gasteiger partial charge in [-0.3, -0.25) is 19.6 Å². The molecule has 0 fully saturated rings. The summed E-state index contributed by atoms with van der Waals surface area (Å²) < 4.78 is 4.93. The predicted molar refractivity (Wildman–Crippen MR) is 90.9 cm³/mol. The fourth-order valence-corrected chi connectivity index (χ4v) is 3.42. The highest BCUT2D eigenvalue weighted by Crippen LogP contribution is 2.34. The number of Topliss-reactive ketones (excluding diaryl/α,β-unsaturated/α-hetero) is 1. The Labute approximate surface area is 143 Å². The van der Waals surface area contributed by atoms with Crippen molar-refractivity contribution in [3.8, 4) is 11.1 Å². The zero-order valence-corrected chi connectivity index (χ0v) is 13.5. The van der Waals surface area contributed by atoms with Crippen LogP contribution in [0.3, 0.4) is 0 Å². The number of thiophene rings is 1. The van der Waals surface area contributed by atoms with Gasteiger partial charge in [-0.25, -0.2) is 0 Å². The summed E-state index contributed by atoms with van der Waals surface area (Å²) in [7, 11) is 0. The van der Waals surface area contributed by atoms with Crippen molar-refractivity contribution < 1.29 is 14.3 Å². The third kappa shape index (κ3) is 3.38. The van der Waals surface area contributed by atoms with Gasteiger partial charge in [-0.1, -0.05) is 0 Å². The van der Waals surface area contributed by atoms with E-state index < -0.39 is 5.92 Å². The quantitative estimate of drug-likeness (QED) is 0.488. The topological polar surface area (TPSA) is 69.2 Å². The summed E-state index contributed by atoms with van der Waals surface area (Å²) in [5, 5.41) is 3.91. The molecule has 0 bridgehead atoms. The number of carbonyl (C=O) groups is 2. The first-order chi connectivity index (χ1) is 11.8. The minimum Gasteiger partial charge on any atom is -0.467 e. The van der Waals surface area contributed by atoms with E-state index in [9.17, 15) is 9.59 Å². The van der Waals surface area contributed by atoms with Crippen LogP contribution >= 0.6 is 11.3 Å². The van der Waals surface area contributed by atoms with Crippen molar-refractivity contribution in [1.82, 2.24) is 9.97 Å². The number of carbonyl (C=O) groups excluding carboxylic acids is 2. The van der Waals surface area contributed by atoms with Gasteiger partial charge in [-0.15, -0.1) is 0 Å². The van der Waals surface area contributed by atoms with Gasteiger partial charge in [0.25, 0.3) is 6.47 Å². The van der Waals surface area contributed by atoms with E-state index in [2.05, 4.69) is 9.97 Å².